The fourth-order valence-corrected chi connectivity index (χ4v) is 3.94. The molecule has 98 valence electrons. The van der Waals surface area contributed by atoms with Crippen molar-refractivity contribution in [1.82, 2.24) is 0 Å². The molecule has 3 rings (SSSR count). The number of thiophene rings is 1. The quantitative estimate of drug-likeness (QED) is 0.736. The third-order valence-electron chi connectivity index (χ3n) is 4.07. The van der Waals surface area contributed by atoms with Crippen LogP contribution in [0.5, 0.6) is 0 Å². The minimum Gasteiger partial charge on any atom is -0.288 e. The lowest BCUT2D eigenvalue weighted by Gasteiger charge is -2.08. The summed E-state index contributed by atoms with van der Waals surface area (Å²) < 4.78 is 0. The Bertz CT molecular complexity index is 613. The zero-order chi connectivity index (χ0) is 13.4. The molecule has 1 aliphatic rings. The number of benzene rings is 1. The minimum atomic E-state index is 0.195. The summed E-state index contributed by atoms with van der Waals surface area (Å²) in [6.45, 7) is 4.10. The molecule has 1 nitrogen and oxygen atoms in total. The number of aryl methyl sites for hydroxylation is 3. The van der Waals surface area contributed by atoms with Crippen LogP contribution >= 0.6 is 11.3 Å². The largest absolute Gasteiger partial charge is 0.288 e. The molecule has 0 atom stereocenters. The van der Waals surface area contributed by atoms with Crippen LogP contribution in [0.15, 0.2) is 24.3 Å². The van der Waals surface area contributed by atoms with Gasteiger partial charge in [-0.3, -0.25) is 4.79 Å². The van der Waals surface area contributed by atoms with Crippen molar-refractivity contribution in [2.24, 2.45) is 0 Å². The molecule has 0 fully saturated rings. The molecular weight excluding hydrogens is 252 g/mol. The van der Waals surface area contributed by atoms with Crippen LogP contribution in [0.1, 0.15) is 49.6 Å². The van der Waals surface area contributed by atoms with Crippen molar-refractivity contribution in [3.05, 3.63) is 56.3 Å². The smallest absolute Gasteiger partial charge is 0.203 e. The molecule has 1 heterocycles. The number of carbonyl (C=O) groups is 1. The van der Waals surface area contributed by atoms with Crippen LogP contribution in [0.25, 0.3) is 0 Å². The second-order valence-electron chi connectivity index (χ2n) is 5.34. The van der Waals surface area contributed by atoms with E-state index in [1.54, 1.807) is 11.3 Å². The maximum absolute atomic E-state index is 12.6. The molecule has 0 saturated carbocycles. The predicted molar refractivity (Wildman–Crippen MR) is 80.3 cm³/mol. The van der Waals surface area contributed by atoms with Gasteiger partial charge >= 0.3 is 0 Å². The summed E-state index contributed by atoms with van der Waals surface area (Å²) >= 11 is 1.70. The van der Waals surface area contributed by atoms with Crippen molar-refractivity contribution in [2.75, 3.05) is 0 Å². The Balaban J connectivity index is 2.00. The number of ketones is 1. The monoisotopic (exact) mass is 270 g/mol. The summed E-state index contributed by atoms with van der Waals surface area (Å²) in [6, 6.07) is 8.11. The van der Waals surface area contributed by atoms with E-state index in [0.717, 1.165) is 28.8 Å². The average Bonchev–Trinajstić information content (AvgIpc) is 2.85. The molecule has 0 aliphatic heterocycles. The molecule has 0 bridgehead atoms. The number of carbonyl (C=O) groups excluding carboxylic acids is 1. The lowest BCUT2D eigenvalue weighted by atomic mass is 9.97. The Labute approximate surface area is 118 Å². The molecule has 19 heavy (non-hydrogen) atoms. The van der Waals surface area contributed by atoms with Crippen LogP contribution in [0.4, 0.5) is 0 Å². The van der Waals surface area contributed by atoms with Crippen LogP contribution in [0.3, 0.4) is 0 Å². The maximum Gasteiger partial charge on any atom is 0.203 e. The van der Waals surface area contributed by atoms with Crippen molar-refractivity contribution in [2.45, 2.75) is 39.5 Å². The minimum absolute atomic E-state index is 0.195. The summed E-state index contributed by atoms with van der Waals surface area (Å²) in [5.41, 5.74) is 4.56. The van der Waals surface area contributed by atoms with Gasteiger partial charge in [-0.25, -0.2) is 0 Å². The summed E-state index contributed by atoms with van der Waals surface area (Å²) in [6.07, 6.45) is 4.83. The first kappa shape index (κ1) is 12.6. The Hall–Kier alpha value is -1.41. The second kappa shape index (κ2) is 4.93. The fraction of sp³-hybridized carbons (Fsp3) is 0.353. The highest BCUT2D eigenvalue weighted by Gasteiger charge is 2.19. The van der Waals surface area contributed by atoms with E-state index in [1.165, 1.54) is 28.8 Å². The molecule has 1 aromatic carbocycles. The van der Waals surface area contributed by atoms with E-state index < -0.39 is 0 Å². The molecule has 1 aromatic heterocycles. The van der Waals surface area contributed by atoms with E-state index in [4.69, 9.17) is 0 Å². The van der Waals surface area contributed by atoms with Gasteiger partial charge in [-0.05, 0) is 62.3 Å². The van der Waals surface area contributed by atoms with E-state index in [0.29, 0.717) is 0 Å². The van der Waals surface area contributed by atoms with Crippen LogP contribution in [-0.4, -0.2) is 5.78 Å². The molecule has 1 aliphatic carbocycles. The van der Waals surface area contributed by atoms with Crippen LogP contribution < -0.4 is 0 Å². The molecule has 0 N–H and O–H groups in total. The van der Waals surface area contributed by atoms with E-state index >= 15 is 0 Å². The van der Waals surface area contributed by atoms with E-state index in [1.807, 2.05) is 19.1 Å². The highest BCUT2D eigenvalue weighted by molar-refractivity contribution is 7.14. The molecule has 2 aromatic rings. The molecular formula is C17H18OS. The standard InChI is InChI=1S/C17H18OS/c1-11-6-5-8-14(12(11)2)17(18)16-10-13-7-3-4-9-15(13)19-16/h5-6,8,10H,3-4,7,9H2,1-2H3. The summed E-state index contributed by atoms with van der Waals surface area (Å²) in [5.74, 6) is 0.195. The van der Waals surface area contributed by atoms with Crippen molar-refractivity contribution in [3.8, 4) is 0 Å². The third kappa shape index (κ3) is 2.25. The van der Waals surface area contributed by atoms with Gasteiger partial charge in [-0.15, -0.1) is 11.3 Å². The number of fused-ring (bicyclic) bond motifs is 1. The Morgan fingerprint density at radius 1 is 1.16 bits per heavy atom. The Morgan fingerprint density at radius 3 is 2.74 bits per heavy atom. The zero-order valence-electron chi connectivity index (χ0n) is 11.5. The SMILES string of the molecule is Cc1cccc(C(=O)c2cc3c(s2)CCCC3)c1C. The van der Waals surface area contributed by atoms with Crippen molar-refractivity contribution in [3.63, 3.8) is 0 Å². The second-order valence-corrected chi connectivity index (χ2v) is 6.48. The molecule has 0 radical (unpaired) electrons. The summed E-state index contributed by atoms with van der Waals surface area (Å²) in [4.78, 5) is 15.0. The number of hydrogen-bond acceptors (Lipinski definition) is 2. The van der Waals surface area contributed by atoms with Gasteiger partial charge in [-0.2, -0.15) is 0 Å². The maximum atomic E-state index is 12.6. The highest BCUT2D eigenvalue weighted by Crippen LogP contribution is 2.31. The van der Waals surface area contributed by atoms with Gasteiger partial charge in [0.1, 0.15) is 0 Å². The average molecular weight is 270 g/mol. The summed E-state index contributed by atoms with van der Waals surface area (Å²) in [5, 5.41) is 0. The van der Waals surface area contributed by atoms with Gasteiger partial charge < -0.3 is 0 Å². The molecule has 0 saturated heterocycles. The van der Waals surface area contributed by atoms with E-state index in [2.05, 4.69) is 19.1 Å². The van der Waals surface area contributed by atoms with Gasteiger partial charge in [0.15, 0.2) is 0 Å². The highest BCUT2D eigenvalue weighted by atomic mass is 32.1. The molecule has 0 amide bonds. The van der Waals surface area contributed by atoms with Crippen LogP contribution in [0.2, 0.25) is 0 Å². The van der Waals surface area contributed by atoms with Gasteiger partial charge in [-0.1, -0.05) is 18.2 Å². The van der Waals surface area contributed by atoms with Crippen LogP contribution in [-0.2, 0) is 12.8 Å². The first-order valence-corrected chi connectivity index (χ1v) is 7.71. The topological polar surface area (TPSA) is 17.1 Å². The first-order valence-electron chi connectivity index (χ1n) is 6.89. The van der Waals surface area contributed by atoms with Crippen molar-refractivity contribution < 1.29 is 4.79 Å². The first-order chi connectivity index (χ1) is 9.16. The number of rotatable bonds is 2. The lowest BCUT2D eigenvalue weighted by Crippen LogP contribution is -2.02. The van der Waals surface area contributed by atoms with E-state index in [9.17, 15) is 4.79 Å². The van der Waals surface area contributed by atoms with Gasteiger partial charge in [0.05, 0.1) is 4.88 Å². The third-order valence-corrected chi connectivity index (χ3v) is 5.31. The number of hydrogen-bond donors (Lipinski definition) is 0. The predicted octanol–water partition coefficient (Wildman–Crippen LogP) is 4.47. The molecule has 0 unspecified atom stereocenters. The lowest BCUT2D eigenvalue weighted by molar-refractivity contribution is 0.104. The molecule has 0 spiro atoms. The van der Waals surface area contributed by atoms with Crippen molar-refractivity contribution in [1.29, 1.82) is 0 Å². The fourth-order valence-electron chi connectivity index (χ4n) is 2.73. The van der Waals surface area contributed by atoms with E-state index in [-0.39, 0.29) is 5.78 Å². The Morgan fingerprint density at radius 2 is 1.95 bits per heavy atom. The van der Waals surface area contributed by atoms with Gasteiger partial charge in [0.25, 0.3) is 0 Å². The molecule has 2 heteroatoms. The van der Waals surface area contributed by atoms with Gasteiger partial charge in [0, 0.05) is 10.4 Å². The zero-order valence-corrected chi connectivity index (χ0v) is 12.3. The normalized spacial score (nSPS) is 14.2. The van der Waals surface area contributed by atoms with Crippen molar-refractivity contribution >= 4 is 17.1 Å². The van der Waals surface area contributed by atoms with Crippen LogP contribution in [0, 0.1) is 13.8 Å². The van der Waals surface area contributed by atoms with Gasteiger partial charge in [0.2, 0.25) is 5.78 Å². The summed E-state index contributed by atoms with van der Waals surface area (Å²) in [7, 11) is 0. The Kier molecular flexibility index (Phi) is 3.28.